The van der Waals surface area contributed by atoms with Crippen LogP contribution in [0.15, 0.2) is 0 Å². The summed E-state index contributed by atoms with van der Waals surface area (Å²) in [5, 5.41) is 5.79. The quantitative estimate of drug-likeness (QED) is 0.620. The van der Waals surface area contributed by atoms with Crippen LogP contribution in [0.1, 0.15) is 78.6 Å². The van der Waals surface area contributed by atoms with Crippen molar-refractivity contribution in [3.05, 3.63) is 0 Å². The highest BCUT2D eigenvalue weighted by atomic mass is 16.2. The van der Waals surface area contributed by atoms with Crippen molar-refractivity contribution in [3.63, 3.8) is 0 Å². The summed E-state index contributed by atoms with van der Waals surface area (Å²) in [6, 6.07) is -2.11. The normalized spacial score (nSPS) is 24.8. The van der Waals surface area contributed by atoms with Crippen molar-refractivity contribution in [2.75, 3.05) is 6.54 Å². The Morgan fingerprint density at radius 1 is 0.933 bits per heavy atom. The van der Waals surface area contributed by atoms with Gasteiger partial charge in [-0.3, -0.25) is 9.59 Å². The predicted octanol–water partition coefficient (Wildman–Crippen LogP) is 2.82. The van der Waals surface area contributed by atoms with Gasteiger partial charge in [-0.1, -0.05) is 40.0 Å². The maximum absolute atomic E-state index is 13.2. The number of Topliss-reactive ketones (excluding diaryl/α,β-unsaturated/α-hetero) is 1. The average Bonchev–Trinajstić information content (AvgIpc) is 3.46. The van der Waals surface area contributed by atoms with Crippen molar-refractivity contribution in [1.82, 2.24) is 15.5 Å². The van der Waals surface area contributed by atoms with Crippen LogP contribution >= 0.6 is 0 Å². The molecule has 0 aromatic carbocycles. The fourth-order valence-electron chi connectivity index (χ4n) is 4.85. The Labute approximate surface area is 179 Å². The van der Waals surface area contributed by atoms with E-state index < -0.39 is 29.6 Å². The minimum absolute atomic E-state index is 0.0789. The first-order valence-corrected chi connectivity index (χ1v) is 11.6. The Kier molecular flexibility index (Phi) is 7.19. The topological polar surface area (TPSA) is 95.6 Å². The molecule has 30 heavy (non-hydrogen) atoms. The molecule has 3 amide bonds. The largest absolute Gasteiger partial charge is 0.331 e. The maximum atomic E-state index is 13.2. The van der Waals surface area contributed by atoms with E-state index >= 15 is 0 Å². The number of ketones is 1. The van der Waals surface area contributed by atoms with Gasteiger partial charge in [-0.15, -0.1) is 0 Å². The molecular weight excluding hydrogens is 382 g/mol. The number of carbonyl (C=O) groups excluding carboxylic acids is 4. The molecule has 0 radical (unpaired) electrons. The summed E-state index contributed by atoms with van der Waals surface area (Å²) in [5.41, 5.74) is -0.523. The molecule has 0 aromatic heterocycles. The second kappa shape index (κ2) is 9.48. The zero-order valence-electron chi connectivity index (χ0n) is 18.6. The SMILES string of the molecule is CC(C)(C)C(NC(=O)NC(C(=O)C1CC1)C1CCCCC1)C(=O)N1CCCC1C=O. The average molecular weight is 420 g/mol. The van der Waals surface area contributed by atoms with E-state index in [2.05, 4.69) is 10.6 Å². The first-order valence-electron chi connectivity index (χ1n) is 11.6. The first-order chi connectivity index (χ1) is 14.2. The number of nitrogens with one attached hydrogen (secondary N) is 2. The lowest BCUT2D eigenvalue weighted by Gasteiger charge is -2.36. The van der Waals surface area contributed by atoms with Gasteiger partial charge in [0, 0.05) is 12.5 Å². The molecule has 0 aromatic rings. The summed E-state index contributed by atoms with van der Waals surface area (Å²) in [6.07, 6.45) is 9.38. The highest BCUT2D eigenvalue weighted by Crippen LogP contribution is 2.35. The number of hydrogen-bond donors (Lipinski definition) is 2. The number of hydrogen-bond acceptors (Lipinski definition) is 4. The number of rotatable bonds is 7. The fraction of sp³-hybridized carbons (Fsp3) is 0.826. The molecule has 3 rings (SSSR count). The minimum Gasteiger partial charge on any atom is -0.331 e. The molecule has 2 N–H and O–H groups in total. The number of likely N-dealkylation sites (tertiary alicyclic amines) is 1. The van der Waals surface area contributed by atoms with Crippen LogP contribution in [0.4, 0.5) is 4.79 Å². The molecule has 7 nitrogen and oxygen atoms in total. The summed E-state index contributed by atoms with van der Waals surface area (Å²) in [6.45, 7) is 6.23. The van der Waals surface area contributed by atoms with E-state index in [1.165, 1.54) is 6.42 Å². The van der Waals surface area contributed by atoms with Crippen molar-refractivity contribution in [2.24, 2.45) is 17.3 Å². The van der Waals surface area contributed by atoms with Crippen LogP contribution in [0, 0.1) is 17.3 Å². The number of urea groups is 1. The molecule has 1 saturated heterocycles. The van der Waals surface area contributed by atoms with E-state index in [0.717, 1.165) is 51.2 Å². The van der Waals surface area contributed by atoms with Crippen LogP contribution in [0.3, 0.4) is 0 Å². The third kappa shape index (κ3) is 5.41. The van der Waals surface area contributed by atoms with Crippen LogP contribution in [-0.2, 0) is 14.4 Å². The number of carbonyl (C=O) groups is 4. The Hall–Kier alpha value is -1.92. The second-order valence-corrected chi connectivity index (χ2v) is 10.3. The van der Waals surface area contributed by atoms with Crippen molar-refractivity contribution >= 4 is 24.0 Å². The second-order valence-electron chi connectivity index (χ2n) is 10.3. The summed E-state index contributed by atoms with van der Waals surface area (Å²) in [5.74, 6) is 0.181. The third-order valence-electron chi connectivity index (χ3n) is 6.82. The molecule has 7 heteroatoms. The van der Waals surface area contributed by atoms with E-state index in [-0.39, 0.29) is 23.5 Å². The van der Waals surface area contributed by atoms with Crippen LogP contribution in [0.2, 0.25) is 0 Å². The molecular formula is C23H37N3O4. The van der Waals surface area contributed by atoms with Gasteiger partial charge in [-0.2, -0.15) is 0 Å². The van der Waals surface area contributed by atoms with Gasteiger partial charge in [0.25, 0.3) is 0 Å². The first kappa shape index (κ1) is 22.8. The monoisotopic (exact) mass is 419 g/mol. The smallest absolute Gasteiger partial charge is 0.316 e. The molecule has 168 valence electrons. The summed E-state index contributed by atoms with van der Waals surface area (Å²) in [7, 11) is 0. The number of nitrogens with zero attached hydrogens (tertiary/aromatic N) is 1. The van der Waals surface area contributed by atoms with Crippen LogP contribution < -0.4 is 10.6 Å². The molecule has 3 fully saturated rings. The van der Waals surface area contributed by atoms with Gasteiger partial charge < -0.3 is 20.3 Å². The summed E-state index contributed by atoms with van der Waals surface area (Å²) < 4.78 is 0. The van der Waals surface area contributed by atoms with Gasteiger partial charge in [0.05, 0.1) is 12.1 Å². The summed E-state index contributed by atoms with van der Waals surface area (Å²) >= 11 is 0. The van der Waals surface area contributed by atoms with Gasteiger partial charge in [0.1, 0.15) is 12.3 Å². The standard InChI is InChI=1S/C23H37N3O4/c1-23(2,3)20(21(29)26-13-7-10-17(26)14-27)25-22(30)24-18(19(28)16-11-12-16)15-8-5-4-6-9-15/h14-18,20H,4-13H2,1-3H3,(H2,24,25,30). The van der Waals surface area contributed by atoms with Gasteiger partial charge in [-0.25, -0.2) is 4.79 Å². The molecule has 0 spiro atoms. The van der Waals surface area contributed by atoms with Crippen molar-refractivity contribution in [1.29, 1.82) is 0 Å². The zero-order chi connectivity index (χ0) is 21.9. The number of aldehydes is 1. The van der Waals surface area contributed by atoms with Crippen molar-refractivity contribution in [2.45, 2.75) is 96.7 Å². The molecule has 2 saturated carbocycles. The van der Waals surface area contributed by atoms with Crippen LogP contribution in [0.5, 0.6) is 0 Å². The van der Waals surface area contributed by atoms with Crippen molar-refractivity contribution < 1.29 is 19.2 Å². The Morgan fingerprint density at radius 3 is 2.17 bits per heavy atom. The predicted molar refractivity (Wildman–Crippen MR) is 114 cm³/mol. The van der Waals surface area contributed by atoms with E-state index in [1.807, 2.05) is 20.8 Å². The lowest BCUT2D eigenvalue weighted by Crippen LogP contribution is -2.60. The van der Waals surface area contributed by atoms with Gasteiger partial charge >= 0.3 is 6.03 Å². The van der Waals surface area contributed by atoms with E-state index in [4.69, 9.17) is 0 Å². The third-order valence-corrected chi connectivity index (χ3v) is 6.82. The molecule has 1 aliphatic heterocycles. The highest BCUT2D eigenvalue weighted by molar-refractivity contribution is 5.94. The Balaban J connectivity index is 1.69. The van der Waals surface area contributed by atoms with Crippen molar-refractivity contribution in [3.8, 4) is 0 Å². The van der Waals surface area contributed by atoms with E-state index in [0.29, 0.717) is 13.0 Å². The maximum Gasteiger partial charge on any atom is 0.316 e. The lowest BCUT2D eigenvalue weighted by atomic mass is 9.81. The van der Waals surface area contributed by atoms with E-state index in [9.17, 15) is 19.2 Å². The molecule has 1 heterocycles. The molecule has 2 aliphatic carbocycles. The molecule has 3 aliphatic rings. The molecule has 3 atom stereocenters. The summed E-state index contributed by atoms with van der Waals surface area (Å²) in [4.78, 5) is 52.0. The molecule has 3 unspecified atom stereocenters. The lowest BCUT2D eigenvalue weighted by molar-refractivity contribution is -0.138. The van der Waals surface area contributed by atoms with Gasteiger partial charge in [0.15, 0.2) is 5.78 Å². The number of amides is 3. The Bertz CT molecular complexity index is 662. The minimum atomic E-state index is -0.763. The highest BCUT2D eigenvalue weighted by Gasteiger charge is 2.42. The zero-order valence-corrected chi connectivity index (χ0v) is 18.6. The Morgan fingerprint density at radius 2 is 1.60 bits per heavy atom. The van der Waals surface area contributed by atoms with Gasteiger partial charge in [0.2, 0.25) is 5.91 Å². The van der Waals surface area contributed by atoms with Crippen LogP contribution in [-0.4, -0.2) is 53.6 Å². The van der Waals surface area contributed by atoms with Crippen LogP contribution in [0.25, 0.3) is 0 Å². The van der Waals surface area contributed by atoms with E-state index in [1.54, 1.807) is 4.90 Å². The van der Waals surface area contributed by atoms with Gasteiger partial charge in [-0.05, 0) is 49.9 Å². The molecule has 0 bridgehead atoms. The fourth-order valence-corrected chi connectivity index (χ4v) is 4.85.